The predicted molar refractivity (Wildman–Crippen MR) is 101 cm³/mol. The fourth-order valence-electron chi connectivity index (χ4n) is 2.26. The Morgan fingerprint density at radius 1 is 1.33 bits per heavy atom. The van der Waals surface area contributed by atoms with E-state index in [0.717, 1.165) is 35.8 Å². The van der Waals surface area contributed by atoms with Crippen molar-refractivity contribution in [3.8, 4) is 0 Å². The van der Waals surface area contributed by atoms with E-state index in [2.05, 4.69) is 21.7 Å². The van der Waals surface area contributed by atoms with Crippen LogP contribution in [0.25, 0.3) is 5.57 Å². The van der Waals surface area contributed by atoms with Gasteiger partial charge in [0.05, 0.1) is 6.20 Å². The summed E-state index contributed by atoms with van der Waals surface area (Å²) in [6.07, 6.45) is 4.73. The Morgan fingerprint density at radius 2 is 2.08 bits per heavy atom. The number of aromatic nitrogens is 1. The topological polar surface area (TPSA) is 80.0 Å². The summed E-state index contributed by atoms with van der Waals surface area (Å²) in [5.74, 6) is -0.126. The van der Waals surface area contributed by atoms with Crippen LogP contribution in [0.3, 0.4) is 0 Å². The third kappa shape index (κ3) is 4.74. The zero-order chi connectivity index (χ0) is 17.4. The molecule has 2 heterocycles. The molecule has 1 amide bonds. The van der Waals surface area contributed by atoms with E-state index in [-0.39, 0.29) is 5.91 Å². The van der Waals surface area contributed by atoms with E-state index in [0.29, 0.717) is 11.4 Å². The summed E-state index contributed by atoms with van der Waals surface area (Å²) in [4.78, 5) is 17.3. The highest BCUT2D eigenvalue weighted by molar-refractivity contribution is 7.14. The van der Waals surface area contributed by atoms with Crippen molar-refractivity contribution in [2.24, 2.45) is 5.73 Å². The van der Waals surface area contributed by atoms with Crippen molar-refractivity contribution >= 4 is 28.5 Å². The van der Waals surface area contributed by atoms with Crippen LogP contribution in [0.15, 0.2) is 36.5 Å². The Balaban J connectivity index is 0.00000100. The van der Waals surface area contributed by atoms with E-state index >= 15 is 0 Å². The van der Waals surface area contributed by atoms with Crippen LogP contribution in [0.1, 0.15) is 40.5 Å². The number of nitrogens with one attached hydrogen (secondary N) is 2. The Labute approximate surface area is 147 Å². The zero-order valence-corrected chi connectivity index (χ0v) is 15.0. The number of carbonyl (C=O) groups is 1. The highest BCUT2D eigenvalue weighted by atomic mass is 32.1. The molecule has 0 bridgehead atoms. The summed E-state index contributed by atoms with van der Waals surface area (Å²) in [6.45, 7) is 6.32. The van der Waals surface area contributed by atoms with Gasteiger partial charge in [0, 0.05) is 18.8 Å². The van der Waals surface area contributed by atoms with Crippen LogP contribution in [-0.2, 0) is 6.54 Å². The third-order valence-electron chi connectivity index (χ3n) is 3.52. The van der Waals surface area contributed by atoms with E-state index in [1.54, 1.807) is 6.20 Å². The SMILES string of the molecule is CC.NCc1ccc(NC(=O)c2cnc(C3=CCNCC3)s2)cc1. The molecular weight excluding hydrogens is 320 g/mol. The normalized spacial score (nSPS) is 13.5. The van der Waals surface area contributed by atoms with Crippen molar-refractivity contribution in [3.63, 3.8) is 0 Å². The minimum absolute atomic E-state index is 0.126. The van der Waals surface area contributed by atoms with Gasteiger partial charge in [0.2, 0.25) is 0 Å². The quantitative estimate of drug-likeness (QED) is 0.795. The Kier molecular flexibility index (Phi) is 7.11. The van der Waals surface area contributed by atoms with E-state index in [4.69, 9.17) is 5.73 Å². The molecule has 128 valence electrons. The number of nitrogens with two attached hydrogens (primary N) is 1. The van der Waals surface area contributed by atoms with Crippen LogP contribution in [0.4, 0.5) is 5.69 Å². The van der Waals surface area contributed by atoms with Crippen molar-refractivity contribution in [3.05, 3.63) is 52.0 Å². The predicted octanol–water partition coefficient (Wildman–Crippen LogP) is 3.26. The first-order valence-electron chi connectivity index (χ1n) is 8.22. The monoisotopic (exact) mass is 344 g/mol. The van der Waals surface area contributed by atoms with Gasteiger partial charge in [-0.05, 0) is 36.2 Å². The van der Waals surface area contributed by atoms with Crippen molar-refractivity contribution in [1.82, 2.24) is 10.3 Å². The molecule has 1 aromatic carbocycles. The van der Waals surface area contributed by atoms with Gasteiger partial charge < -0.3 is 16.4 Å². The van der Waals surface area contributed by atoms with Gasteiger partial charge in [0.25, 0.3) is 5.91 Å². The molecule has 1 aliphatic heterocycles. The van der Waals surface area contributed by atoms with Crippen molar-refractivity contribution < 1.29 is 4.79 Å². The number of hydrogen-bond acceptors (Lipinski definition) is 5. The lowest BCUT2D eigenvalue weighted by atomic mass is 10.1. The van der Waals surface area contributed by atoms with Gasteiger partial charge in [0.1, 0.15) is 9.88 Å². The minimum atomic E-state index is -0.126. The summed E-state index contributed by atoms with van der Waals surface area (Å²) in [7, 11) is 0. The molecule has 24 heavy (non-hydrogen) atoms. The van der Waals surface area contributed by atoms with Gasteiger partial charge in [-0.1, -0.05) is 32.1 Å². The smallest absolute Gasteiger partial charge is 0.267 e. The van der Waals surface area contributed by atoms with Crippen LogP contribution in [0, 0.1) is 0 Å². The number of hydrogen-bond donors (Lipinski definition) is 3. The molecule has 0 saturated heterocycles. The number of carbonyl (C=O) groups excluding carboxylic acids is 1. The van der Waals surface area contributed by atoms with Crippen LogP contribution >= 0.6 is 11.3 Å². The number of rotatable bonds is 4. The first-order chi connectivity index (χ1) is 11.8. The molecule has 5 nitrogen and oxygen atoms in total. The first kappa shape index (κ1) is 18.3. The lowest BCUT2D eigenvalue weighted by Gasteiger charge is -2.11. The molecule has 1 aliphatic rings. The van der Waals surface area contributed by atoms with Gasteiger partial charge >= 0.3 is 0 Å². The molecule has 0 spiro atoms. The molecule has 0 saturated carbocycles. The molecule has 0 aliphatic carbocycles. The molecule has 6 heteroatoms. The highest BCUT2D eigenvalue weighted by Gasteiger charge is 2.14. The lowest BCUT2D eigenvalue weighted by Crippen LogP contribution is -2.19. The maximum absolute atomic E-state index is 12.3. The number of amides is 1. The molecule has 0 unspecified atom stereocenters. The van der Waals surface area contributed by atoms with E-state index in [1.165, 1.54) is 16.9 Å². The highest BCUT2D eigenvalue weighted by Crippen LogP contribution is 2.25. The van der Waals surface area contributed by atoms with Crippen LogP contribution < -0.4 is 16.4 Å². The summed E-state index contributed by atoms with van der Waals surface area (Å²) in [6, 6.07) is 7.54. The average Bonchev–Trinajstić information content (AvgIpc) is 3.15. The molecule has 1 aromatic heterocycles. The standard InChI is InChI=1S/C16H18N4OS.C2H6/c17-9-11-1-3-13(4-2-11)20-15(21)14-10-19-16(22-14)12-5-7-18-8-6-12;1-2/h1-5,10,18H,6-9,17H2,(H,20,21);1-2H3. The first-order valence-corrected chi connectivity index (χ1v) is 9.04. The van der Waals surface area contributed by atoms with Crippen molar-refractivity contribution in [2.45, 2.75) is 26.8 Å². The largest absolute Gasteiger partial charge is 0.326 e. The molecule has 3 rings (SSSR count). The second-order valence-corrected chi connectivity index (χ2v) is 6.10. The van der Waals surface area contributed by atoms with Crippen LogP contribution in [0.2, 0.25) is 0 Å². The van der Waals surface area contributed by atoms with Crippen molar-refractivity contribution in [1.29, 1.82) is 0 Å². The Morgan fingerprint density at radius 3 is 2.71 bits per heavy atom. The number of anilines is 1. The summed E-state index contributed by atoms with van der Waals surface area (Å²) < 4.78 is 0. The number of thiazole rings is 1. The fraction of sp³-hybridized carbons (Fsp3) is 0.333. The van der Waals surface area contributed by atoms with E-state index in [1.807, 2.05) is 38.1 Å². The molecule has 4 N–H and O–H groups in total. The van der Waals surface area contributed by atoms with Gasteiger partial charge in [0.15, 0.2) is 0 Å². The molecule has 0 fully saturated rings. The van der Waals surface area contributed by atoms with Gasteiger partial charge in [-0.25, -0.2) is 4.98 Å². The van der Waals surface area contributed by atoms with E-state index < -0.39 is 0 Å². The molecule has 0 radical (unpaired) electrons. The van der Waals surface area contributed by atoms with Crippen molar-refractivity contribution in [2.75, 3.05) is 18.4 Å². The molecular formula is C18H24N4OS. The number of benzene rings is 1. The summed E-state index contributed by atoms with van der Waals surface area (Å²) in [5.41, 5.74) is 8.58. The second-order valence-electron chi connectivity index (χ2n) is 5.07. The van der Waals surface area contributed by atoms with Gasteiger partial charge in [-0.2, -0.15) is 0 Å². The molecule has 2 aromatic rings. The Hall–Kier alpha value is -2.02. The third-order valence-corrected chi connectivity index (χ3v) is 4.59. The maximum atomic E-state index is 12.3. The molecule has 0 atom stereocenters. The van der Waals surface area contributed by atoms with E-state index in [9.17, 15) is 4.79 Å². The fourth-order valence-corrected chi connectivity index (χ4v) is 3.14. The summed E-state index contributed by atoms with van der Waals surface area (Å²) >= 11 is 1.44. The second kappa shape index (κ2) is 9.32. The van der Waals surface area contributed by atoms with Gasteiger partial charge in [-0.3, -0.25) is 4.79 Å². The lowest BCUT2D eigenvalue weighted by molar-refractivity contribution is 0.103. The maximum Gasteiger partial charge on any atom is 0.267 e. The number of nitrogens with zero attached hydrogens (tertiary/aromatic N) is 1. The van der Waals surface area contributed by atoms with Gasteiger partial charge in [-0.15, -0.1) is 11.3 Å². The summed E-state index contributed by atoms with van der Waals surface area (Å²) in [5, 5.41) is 7.09. The van der Waals surface area contributed by atoms with Crippen LogP contribution in [0.5, 0.6) is 0 Å². The zero-order valence-electron chi connectivity index (χ0n) is 14.1. The van der Waals surface area contributed by atoms with Crippen LogP contribution in [-0.4, -0.2) is 24.0 Å². The average molecular weight is 344 g/mol. The Bertz CT molecular complexity index is 691. The minimum Gasteiger partial charge on any atom is -0.326 e.